The molecule has 0 aliphatic rings. The van der Waals surface area contributed by atoms with E-state index in [4.69, 9.17) is 0 Å². The van der Waals surface area contributed by atoms with Crippen LogP contribution in [-0.2, 0) is 4.79 Å². The fraction of sp³-hybridized carbons (Fsp3) is 0.857. The maximum atomic E-state index is 11.9. The lowest BCUT2D eigenvalue weighted by Crippen LogP contribution is -2.45. The van der Waals surface area contributed by atoms with E-state index in [-0.39, 0.29) is 12.5 Å². The van der Waals surface area contributed by atoms with Crippen LogP contribution in [0.4, 0.5) is 0 Å². The number of aliphatic hydroxyl groups excluding tert-OH is 2. The summed E-state index contributed by atoms with van der Waals surface area (Å²) in [6, 6.07) is -0.607. The second-order valence-corrected chi connectivity index (χ2v) is 7.00. The van der Waals surface area contributed by atoms with Gasteiger partial charge >= 0.3 is 0 Å². The van der Waals surface area contributed by atoms with Gasteiger partial charge in [-0.15, -0.1) is 0 Å². The van der Waals surface area contributed by atoms with Crippen molar-refractivity contribution in [1.29, 1.82) is 0 Å². The van der Waals surface area contributed by atoms with Crippen molar-refractivity contribution >= 4 is 5.91 Å². The second kappa shape index (κ2) is 17.9. The van der Waals surface area contributed by atoms with Crippen LogP contribution < -0.4 is 5.32 Å². The Bertz CT molecular complexity index is 331. The van der Waals surface area contributed by atoms with E-state index < -0.39 is 12.1 Å². The molecule has 0 bridgehead atoms. The molecule has 0 spiro atoms. The van der Waals surface area contributed by atoms with Crippen molar-refractivity contribution in [3.63, 3.8) is 0 Å². The number of hydrogen-bond donors (Lipinski definition) is 3. The highest BCUT2D eigenvalue weighted by Gasteiger charge is 2.17. The van der Waals surface area contributed by atoms with Crippen molar-refractivity contribution in [3.05, 3.63) is 12.2 Å². The number of hydrogen-bond acceptors (Lipinski definition) is 3. The molecule has 148 valence electrons. The van der Waals surface area contributed by atoms with Gasteiger partial charge in [0.05, 0.1) is 18.8 Å². The van der Waals surface area contributed by atoms with Crippen molar-refractivity contribution < 1.29 is 15.0 Å². The van der Waals surface area contributed by atoms with E-state index in [9.17, 15) is 15.0 Å². The van der Waals surface area contributed by atoms with Crippen molar-refractivity contribution in [2.24, 2.45) is 0 Å². The minimum atomic E-state index is -0.825. The normalized spacial score (nSPS) is 13.9. The summed E-state index contributed by atoms with van der Waals surface area (Å²) in [5, 5.41) is 22.1. The summed E-state index contributed by atoms with van der Waals surface area (Å²) in [6.45, 7) is 4.10. The summed E-state index contributed by atoms with van der Waals surface area (Å²) in [6.07, 6.45) is 17.3. The molecule has 0 aromatic carbocycles. The smallest absolute Gasteiger partial charge is 0.220 e. The first-order chi connectivity index (χ1) is 12.2. The third-order valence-corrected chi connectivity index (χ3v) is 4.52. The lowest BCUT2D eigenvalue weighted by atomic mass is 10.1. The predicted molar refractivity (Wildman–Crippen MR) is 106 cm³/mol. The fourth-order valence-electron chi connectivity index (χ4n) is 2.81. The first-order valence-electron chi connectivity index (χ1n) is 10.4. The number of allylic oxidation sites excluding steroid dienone is 1. The fourth-order valence-corrected chi connectivity index (χ4v) is 2.81. The van der Waals surface area contributed by atoms with E-state index in [2.05, 4.69) is 19.2 Å². The Balaban J connectivity index is 3.75. The van der Waals surface area contributed by atoms with E-state index in [1.54, 1.807) is 6.08 Å². The van der Waals surface area contributed by atoms with Crippen molar-refractivity contribution in [1.82, 2.24) is 5.32 Å². The SMILES string of the molecule is CCCC/C=C/C(O)C(CO)NC(=O)CCCCCCCCCCC. The van der Waals surface area contributed by atoms with Gasteiger partial charge in [-0.05, 0) is 12.8 Å². The molecule has 1 amide bonds. The van der Waals surface area contributed by atoms with Gasteiger partial charge in [-0.1, -0.05) is 90.2 Å². The number of carbonyl (C=O) groups is 1. The first kappa shape index (κ1) is 24.1. The number of carbonyl (C=O) groups excluding carboxylic acids is 1. The van der Waals surface area contributed by atoms with Gasteiger partial charge in [-0.25, -0.2) is 0 Å². The van der Waals surface area contributed by atoms with Crippen molar-refractivity contribution in [2.45, 2.75) is 109 Å². The molecule has 0 saturated carbocycles. The zero-order chi connectivity index (χ0) is 18.8. The molecule has 4 nitrogen and oxygen atoms in total. The Morgan fingerprint density at radius 1 is 0.920 bits per heavy atom. The average molecular weight is 356 g/mol. The van der Waals surface area contributed by atoms with Crippen LogP contribution in [0.1, 0.15) is 97.3 Å². The maximum absolute atomic E-state index is 11.9. The Morgan fingerprint density at radius 2 is 1.48 bits per heavy atom. The highest BCUT2D eigenvalue weighted by Crippen LogP contribution is 2.10. The number of nitrogens with one attached hydrogen (secondary N) is 1. The van der Waals surface area contributed by atoms with Crippen molar-refractivity contribution in [3.8, 4) is 0 Å². The van der Waals surface area contributed by atoms with Crippen LogP contribution in [0.3, 0.4) is 0 Å². The summed E-state index contributed by atoms with van der Waals surface area (Å²) in [5.74, 6) is -0.0806. The van der Waals surface area contributed by atoms with Crippen LogP contribution >= 0.6 is 0 Å². The van der Waals surface area contributed by atoms with Gasteiger partial charge in [-0.2, -0.15) is 0 Å². The van der Waals surface area contributed by atoms with Gasteiger partial charge < -0.3 is 15.5 Å². The van der Waals surface area contributed by atoms with E-state index >= 15 is 0 Å². The van der Waals surface area contributed by atoms with Crippen LogP contribution in [0.2, 0.25) is 0 Å². The summed E-state index contributed by atoms with van der Waals surface area (Å²) in [7, 11) is 0. The van der Waals surface area contributed by atoms with Crippen LogP contribution in [0.15, 0.2) is 12.2 Å². The minimum absolute atomic E-state index is 0.0806. The third kappa shape index (κ3) is 15.1. The highest BCUT2D eigenvalue weighted by molar-refractivity contribution is 5.76. The van der Waals surface area contributed by atoms with E-state index in [1.165, 1.54) is 44.9 Å². The summed E-state index contributed by atoms with van der Waals surface area (Å²) in [5.41, 5.74) is 0. The van der Waals surface area contributed by atoms with Crippen LogP contribution in [-0.4, -0.2) is 34.9 Å². The topological polar surface area (TPSA) is 69.6 Å². The highest BCUT2D eigenvalue weighted by atomic mass is 16.3. The lowest BCUT2D eigenvalue weighted by molar-refractivity contribution is -0.123. The first-order valence-corrected chi connectivity index (χ1v) is 10.4. The molecular weight excluding hydrogens is 314 g/mol. The molecule has 2 unspecified atom stereocenters. The molecular formula is C21H41NO3. The van der Waals surface area contributed by atoms with E-state index in [0.29, 0.717) is 6.42 Å². The van der Waals surface area contributed by atoms with E-state index in [1.807, 2.05) is 6.08 Å². The van der Waals surface area contributed by atoms with Crippen LogP contribution in [0, 0.1) is 0 Å². The molecule has 0 aromatic heterocycles. The van der Waals surface area contributed by atoms with Gasteiger partial charge in [0.1, 0.15) is 0 Å². The zero-order valence-corrected chi connectivity index (χ0v) is 16.5. The average Bonchev–Trinajstić information content (AvgIpc) is 2.61. The third-order valence-electron chi connectivity index (χ3n) is 4.52. The van der Waals surface area contributed by atoms with E-state index in [0.717, 1.165) is 32.1 Å². The van der Waals surface area contributed by atoms with Gasteiger partial charge in [0.15, 0.2) is 0 Å². The van der Waals surface area contributed by atoms with Crippen molar-refractivity contribution in [2.75, 3.05) is 6.61 Å². The molecule has 0 rings (SSSR count). The maximum Gasteiger partial charge on any atom is 0.220 e. The summed E-state index contributed by atoms with van der Waals surface area (Å²) >= 11 is 0. The number of aliphatic hydroxyl groups is 2. The molecule has 2 atom stereocenters. The Kier molecular flexibility index (Phi) is 17.3. The number of rotatable bonds is 17. The largest absolute Gasteiger partial charge is 0.394 e. The second-order valence-electron chi connectivity index (χ2n) is 7.00. The summed E-state index contributed by atoms with van der Waals surface area (Å²) < 4.78 is 0. The van der Waals surface area contributed by atoms with Gasteiger partial charge in [0.2, 0.25) is 5.91 Å². The molecule has 0 saturated heterocycles. The Hall–Kier alpha value is -0.870. The minimum Gasteiger partial charge on any atom is -0.394 e. The quantitative estimate of drug-likeness (QED) is 0.266. The Morgan fingerprint density at radius 3 is 2.04 bits per heavy atom. The summed E-state index contributed by atoms with van der Waals surface area (Å²) in [4.78, 5) is 11.9. The lowest BCUT2D eigenvalue weighted by Gasteiger charge is -2.19. The molecule has 0 fully saturated rings. The molecule has 0 heterocycles. The van der Waals surface area contributed by atoms with Gasteiger partial charge in [-0.3, -0.25) is 4.79 Å². The standard InChI is InChI=1S/C21H41NO3/c1-3-5-7-9-10-11-12-13-15-17-21(25)22-19(18-23)20(24)16-14-8-6-4-2/h14,16,19-20,23-24H,3-13,15,17-18H2,1-2H3,(H,22,25)/b16-14+. The molecule has 0 aliphatic carbocycles. The molecule has 4 heteroatoms. The van der Waals surface area contributed by atoms with Crippen LogP contribution in [0.5, 0.6) is 0 Å². The molecule has 0 radical (unpaired) electrons. The molecule has 0 aromatic rings. The molecule has 25 heavy (non-hydrogen) atoms. The van der Waals surface area contributed by atoms with Gasteiger partial charge in [0, 0.05) is 6.42 Å². The van der Waals surface area contributed by atoms with Crippen LogP contribution in [0.25, 0.3) is 0 Å². The zero-order valence-electron chi connectivity index (χ0n) is 16.5. The monoisotopic (exact) mass is 355 g/mol. The Labute approximate surface area is 155 Å². The molecule has 3 N–H and O–H groups in total. The number of amides is 1. The predicted octanol–water partition coefficient (Wildman–Crippen LogP) is 4.49. The molecule has 0 aliphatic heterocycles. The van der Waals surface area contributed by atoms with Gasteiger partial charge in [0.25, 0.3) is 0 Å². The number of unbranched alkanes of at least 4 members (excludes halogenated alkanes) is 10.